The van der Waals surface area contributed by atoms with Gasteiger partial charge < -0.3 is 24.6 Å². The van der Waals surface area contributed by atoms with Crippen molar-refractivity contribution in [2.24, 2.45) is 51.2 Å². The van der Waals surface area contributed by atoms with E-state index in [1.807, 2.05) is 4.90 Å². The topological polar surface area (TPSA) is 71.1 Å². The summed E-state index contributed by atoms with van der Waals surface area (Å²) in [6.45, 7) is 20.3. The lowest BCUT2D eigenvalue weighted by Crippen LogP contribution is -2.64. The number of ether oxygens (including phenoxy) is 2. The molecule has 4 heterocycles. The Hall–Kier alpha value is -1.18. The zero-order valence-corrected chi connectivity index (χ0v) is 32.0. The monoisotopic (exact) mass is 680 g/mol. The molecule has 12 atom stereocenters. The molecule has 7 nitrogen and oxygen atoms in total. The lowest BCUT2D eigenvalue weighted by molar-refractivity contribution is -0.279. The van der Waals surface area contributed by atoms with E-state index in [9.17, 15) is 9.59 Å². The normalized spacial score (nSPS) is 50.3. The first-order valence-corrected chi connectivity index (χ1v) is 20.9. The Bertz CT molecular complexity index is 1270. The number of likely N-dealkylation sites (tertiary alicyclic amines) is 2. The molecule has 4 saturated heterocycles. The number of amides is 2. The number of fused-ring (bicyclic) bond motifs is 7. The molecular weight excluding hydrogens is 610 g/mol. The van der Waals surface area contributed by atoms with Crippen molar-refractivity contribution in [1.29, 1.82) is 0 Å². The first kappa shape index (κ1) is 34.9. The van der Waals surface area contributed by atoms with E-state index < -0.39 is 0 Å². The molecule has 8 rings (SSSR count). The molecule has 1 spiro atoms. The summed E-state index contributed by atoms with van der Waals surface area (Å²) in [5, 5.41) is 3.37. The number of nitrogens with zero attached hydrogens (tertiary/aromatic N) is 2. The van der Waals surface area contributed by atoms with Gasteiger partial charge in [-0.2, -0.15) is 0 Å². The summed E-state index contributed by atoms with van der Waals surface area (Å²) in [5.74, 6) is 2.61. The fourth-order valence-corrected chi connectivity index (χ4v) is 14.6. The molecular formula is C42H69N3O4. The van der Waals surface area contributed by atoms with Crippen molar-refractivity contribution >= 4 is 11.8 Å². The smallest absolute Gasteiger partial charge is 0.232 e. The van der Waals surface area contributed by atoms with Gasteiger partial charge in [0.15, 0.2) is 5.79 Å². The molecule has 8 aliphatic rings. The molecule has 276 valence electrons. The molecule has 4 aliphatic heterocycles. The summed E-state index contributed by atoms with van der Waals surface area (Å²) < 4.78 is 13.7. The molecule has 0 aromatic carbocycles. The van der Waals surface area contributed by atoms with Gasteiger partial charge in [0.25, 0.3) is 0 Å². The summed E-state index contributed by atoms with van der Waals surface area (Å²) in [4.78, 5) is 31.1. The number of hydrogen-bond donors (Lipinski definition) is 1. The van der Waals surface area contributed by atoms with Crippen LogP contribution in [0.1, 0.15) is 144 Å². The highest BCUT2D eigenvalue weighted by Crippen LogP contribution is 2.79. The highest BCUT2D eigenvalue weighted by Gasteiger charge is 2.75. The summed E-state index contributed by atoms with van der Waals surface area (Å²) in [5.41, 5.74) is 1.13. The Morgan fingerprint density at radius 1 is 0.776 bits per heavy atom. The fraction of sp³-hybridized carbons (Fsp3) is 0.952. The quantitative estimate of drug-likeness (QED) is 0.311. The summed E-state index contributed by atoms with van der Waals surface area (Å²) in [6, 6.07) is 0.812. The molecule has 1 N–H and O–H groups in total. The van der Waals surface area contributed by atoms with E-state index >= 15 is 0 Å². The van der Waals surface area contributed by atoms with Crippen LogP contribution in [-0.4, -0.2) is 78.4 Å². The molecule has 49 heavy (non-hydrogen) atoms. The fourth-order valence-electron chi connectivity index (χ4n) is 14.6. The van der Waals surface area contributed by atoms with E-state index in [2.05, 4.69) is 51.8 Å². The molecule has 0 aromatic heterocycles. The van der Waals surface area contributed by atoms with E-state index in [1.54, 1.807) is 0 Å². The third kappa shape index (κ3) is 5.33. The number of carbonyl (C=O) groups is 2. The number of nitrogens with one attached hydrogen (secondary N) is 1. The number of piperidine rings is 2. The molecule has 4 aliphatic carbocycles. The largest absolute Gasteiger partial charge is 0.353 e. The maximum atomic E-state index is 13.3. The summed E-state index contributed by atoms with van der Waals surface area (Å²) in [7, 11) is 0. The maximum Gasteiger partial charge on any atom is 0.232 e. The van der Waals surface area contributed by atoms with Gasteiger partial charge in [0.2, 0.25) is 11.8 Å². The molecule has 0 bridgehead atoms. The van der Waals surface area contributed by atoms with Gasteiger partial charge in [-0.3, -0.25) is 9.59 Å². The van der Waals surface area contributed by atoms with E-state index in [-0.39, 0.29) is 46.3 Å². The van der Waals surface area contributed by atoms with Crippen LogP contribution in [0.2, 0.25) is 0 Å². The predicted molar refractivity (Wildman–Crippen MR) is 193 cm³/mol. The molecule has 8 fully saturated rings. The summed E-state index contributed by atoms with van der Waals surface area (Å²) in [6.07, 6.45) is 18.3. The molecule has 0 radical (unpaired) electrons. The average Bonchev–Trinajstić information content (AvgIpc) is 3.48. The van der Waals surface area contributed by atoms with Crippen molar-refractivity contribution in [3.05, 3.63) is 0 Å². The second kappa shape index (κ2) is 12.5. The Kier molecular flexibility index (Phi) is 8.87. The summed E-state index contributed by atoms with van der Waals surface area (Å²) >= 11 is 0. The zero-order chi connectivity index (χ0) is 34.4. The van der Waals surface area contributed by atoms with Crippen molar-refractivity contribution in [2.75, 3.05) is 32.8 Å². The van der Waals surface area contributed by atoms with Crippen molar-refractivity contribution in [2.45, 2.75) is 168 Å². The van der Waals surface area contributed by atoms with Gasteiger partial charge in [-0.1, -0.05) is 48.0 Å². The first-order chi connectivity index (χ1) is 23.3. The molecule has 7 heteroatoms. The Morgan fingerprint density at radius 2 is 1.51 bits per heavy atom. The second-order valence-corrected chi connectivity index (χ2v) is 19.9. The van der Waals surface area contributed by atoms with E-state index in [0.717, 1.165) is 51.8 Å². The standard InChI is InChI=1S/C42H69N3O4/c1-28-12-17-42(48-27-28)29(2)37-33(49-42)26-41(6)34-11-10-30-24-31(13-16-38(30,3)39(34,4)18-19-40(37,41)5)43-35(46)25-36(47)45-22-14-32(15-23-45)44-20-8-7-9-21-44/h28-34,37H,7-27H2,1-6H3,(H,43,46)/t28-,29-,30+,31?,33-,34+,37-,38-,39-,40+,41-,42+/m0/s1. The van der Waals surface area contributed by atoms with Crippen molar-refractivity contribution < 1.29 is 19.1 Å². The van der Waals surface area contributed by atoms with Crippen LogP contribution in [0.4, 0.5) is 0 Å². The van der Waals surface area contributed by atoms with Gasteiger partial charge in [0, 0.05) is 37.5 Å². The average molecular weight is 680 g/mol. The Balaban J connectivity index is 0.880. The minimum Gasteiger partial charge on any atom is -0.353 e. The molecule has 2 amide bonds. The van der Waals surface area contributed by atoms with Gasteiger partial charge in [-0.05, 0) is 142 Å². The Morgan fingerprint density at radius 3 is 2.22 bits per heavy atom. The highest BCUT2D eigenvalue weighted by atomic mass is 16.7. The zero-order valence-electron chi connectivity index (χ0n) is 32.0. The van der Waals surface area contributed by atoms with Gasteiger partial charge >= 0.3 is 0 Å². The van der Waals surface area contributed by atoms with Crippen LogP contribution in [0, 0.1) is 51.2 Å². The van der Waals surface area contributed by atoms with Crippen LogP contribution in [0.5, 0.6) is 0 Å². The van der Waals surface area contributed by atoms with Gasteiger partial charge in [0.05, 0.1) is 12.7 Å². The third-order valence-electron chi connectivity index (χ3n) is 17.9. The predicted octanol–water partition coefficient (Wildman–Crippen LogP) is 7.56. The van der Waals surface area contributed by atoms with Gasteiger partial charge in [-0.25, -0.2) is 0 Å². The van der Waals surface area contributed by atoms with Crippen LogP contribution in [0.25, 0.3) is 0 Å². The molecule has 4 saturated carbocycles. The first-order valence-electron chi connectivity index (χ1n) is 20.9. The van der Waals surface area contributed by atoms with Gasteiger partial charge in [0.1, 0.15) is 6.42 Å². The number of carbonyl (C=O) groups excluding carboxylic acids is 2. The second-order valence-electron chi connectivity index (χ2n) is 19.9. The lowest BCUT2D eigenvalue weighted by atomic mass is 9.35. The SMILES string of the molecule is C[C@H]1CC[C@@]2(OC1)O[C@H]1C[C@@]3(C)[C@@H]4CC[C@@H]5CC(NC(=O)CC(=O)N6CCC(N7CCCCC7)CC6)CC[C@]5(C)[C@@]4(C)CC[C@]3(C)[C@H]1[C@@H]2C. The minimum absolute atomic E-state index is 0.0116. The van der Waals surface area contributed by atoms with E-state index in [1.165, 1.54) is 77.3 Å². The van der Waals surface area contributed by atoms with Gasteiger partial charge in [-0.15, -0.1) is 0 Å². The third-order valence-corrected chi connectivity index (χ3v) is 17.9. The van der Waals surface area contributed by atoms with Crippen molar-refractivity contribution in [3.8, 4) is 0 Å². The molecule has 0 aromatic rings. The highest BCUT2D eigenvalue weighted by molar-refractivity contribution is 5.97. The lowest BCUT2D eigenvalue weighted by Gasteiger charge is -2.70. The van der Waals surface area contributed by atoms with E-state index in [0.29, 0.717) is 47.2 Å². The van der Waals surface area contributed by atoms with Crippen LogP contribution < -0.4 is 5.32 Å². The van der Waals surface area contributed by atoms with Crippen LogP contribution >= 0.6 is 0 Å². The van der Waals surface area contributed by atoms with Crippen LogP contribution in [0.3, 0.4) is 0 Å². The van der Waals surface area contributed by atoms with Crippen LogP contribution in [-0.2, 0) is 19.1 Å². The minimum atomic E-state index is -0.353. The van der Waals surface area contributed by atoms with Crippen molar-refractivity contribution in [3.63, 3.8) is 0 Å². The van der Waals surface area contributed by atoms with E-state index in [4.69, 9.17) is 9.47 Å². The molecule has 1 unspecified atom stereocenters. The number of rotatable bonds is 4. The van der Waals surface area contributed by atoms with Crippen molar-refractivity contribution in [1.82, 2.24) is 15.1 Å². The van der Waals surface area contributed by atoms with Crippen LogP contribution in [0.15, 0.2) is 0 Å². The Labute approximate surface area is 297 Å². The number of hydrogen-bond acceptors (Lipinski definition) is 5. The maximum absolute atomic E-state index is 13.3.